The number of benzene rings is 3. The number of carbonyl (C=O) groups excluding carboxylic acids is 2. The normalized spacial score (nSPS) is 19.0. The summed E-state index contributed by atoms with van der Waals surface area (Å²) in [5, 5.41) is 11.2. The van der Waals surface area contributed by atoms with Crippen LogP contribution in [0.25, 0.3) is 5.76 Å². The number of hydrogen-bond acceptors (Lipinski definition) is 5. The number of aliphatic hydroxyl groups excluding tert-OH is 1. The van der Waals surface area contributed by atoms with Crippen molar-refractivity contribution in [1.29, 1.82) is 0 Å². The van der Waals surface area contributed by atoms with Crippen LogP contribution in [-0.2, 0) is 16.0 Å². The van der Waals surface area contributed by atoms with E-state index in [9.17, 15) is 14.7 Å². The van der Waals surface area contributed by atoms with Gasteiger partial charge in [-0.25, -0.2) is 0 Å². The highest BCUT2D eigenvalue weighted by Gasteiger charge is 2.45. The zero-order valence-electron chi connectivity index (χ0n) is 17.9. The van der Waals surface area contributed by atoms with Crippen molar-refractivity contribution in [3.8, 4) is 11.5 Å². The Morgan fingerprint density at radius 1 is 0.879 bits per heavy atom. The van der Waals surface area contributed by atoms with Gasteiger partial charge in [0.05, 0.1) is 11.6 Å². The molecule has 33 heavy (non-hydrogen) atoms. The van der Waals surface area contributed by atoms with Crippen molar-refractivity contribution in [3.63, 3.8) is 0 Å². The smallest absolute Gasteiger partial charge is 0.295 e. The number of nitrogens with zero attached hydrogens (tertiary/aromatic N) is 1. The molecule has 1 fully saturated rings. The zero-order valence-corrected chi connectivity index (χ0v) is 17.9. The molecule has 0 radical (unpaired) electrons. The van der Waals surface area contributed by atoms with Crippen molar-refractivity contribution in [3.05, 3.63) is 101 Å². The van der Waals surface area contributed by atoms with Crippen LogP contribution in [0.1, 0.15) is 22.7 Å². The van der Waals surface area contributed by atoms with E-state index in [4.69, 9.17) is 9.47 Å². The van der Waals surface area contributed by atoms with Crippen LogP contribution >= 0.6 is 0 Å². The summed E-state index contributed by atoms with van der Waals surface area (Å²) in [4.78, 5) is 27.8. The maximum atomic E-state index is 13.1. The third-order valence-electron chi connectivity index (χ3n) is 5.96. The Kier molecular flexibility index (Phi) is 5.57. The topological polar surface area (TPSA) is 76.1 Å². The average molecular weight is 441 g/mol. The predicted molar refractivity (Wildman–Crippen MR) is 123 cm³/mol. The zero-order chi connectivity index (χ0) is 22.8. The molecule has 3 aromatic carbocycles. The molecular formula is C27H23NO5. The monoisotopic (exact) mass is 441 g/mol. The lowest BCUT2D eigenvalue weighted by molar-refractivity contribution is -0.139. The number of rotatable bonds is 5. The second-order valence-electron chi connectivity index (χ2n) is 8.00. The van der Waals surface area contributed by atoms with Gasteiger partial charge in [-0.15, -0.1) is 0 Å². The molecule has 1 saturated heterocycles. The molecule has 1 atom stereocenters. The number of hydrogen-bond donors (Lipinski definition) is 1. The van der Waals surface area contributed by atoms with E-state index < -0.39 is 17.7 Å². The molecule has 3 aromatic rings. The van der Waals surface area contributed by atoms with Crippen molar-refractivity contribution >= 4 is 17.4 Å². The molecule has 2 heterocycles. The fraction of sp³-hybridized carbons (Fsp3) is 0.185. The third-order valence-corrected chi connectivity index (χ3v) is 5.96. The van der Waals surface area contributed by atoms with Gasteiger partial charge in [0, 0.05) is 12.1 Å². The number of ketones is 1. The minimum absolute atomic E-state index is 0.0796. The van der Waals surface area contributed by atoms with Crippen molar-refractivity contribution in [2.45, 2.75) is 12.5 Å². The van der Waals surface area contributed by atoms with Crippen molar-refractivity contribution in [2.24, 2.45) is 0 Å². The van der Waals surface area contributed by atoms with E-state index in [0.29, 0.717) is 43.2 Å². The fourth-order valence-electron chi connectivity index (χ4n) is 4.33. The van der Waals surface area contributed by atoms with Crippen LogP contribution in [0, 0.1) is 0 Å². The van der Waals surface area contributed by atoms with Gasteiger partial charge in [0.2, 0.25) is 0 Å². The van der Waals surface area contributed by atoms with Gasteiger partial charge < -0.3 is 19.5 Å². The summed E-state index contributed by atoms with van der Waals surface area (Å²) in [6, 6.07) is 23.5. The molecule has 5 rings (SSSR count). The first kappa shape index (κ1) is 20.8. The van der Waals surface area contributed by atoms with Gasteiger partial charge in [-0.05, 0) is 35.7 Å². The van der Waals surface area contributed by atoms with Crippen LogP contribution in [0.2, 0.25) is 0 Å². The lowest BCUT2D eigenvalue weighted by Crippen LogP contribution is -2.31. The van der Waals surface area contributed by atoms with E-state index in [-0.39, 0.29) is 11.3 Å². The minimum atomic E-state index is -0.690. The molecule has 0 saturated carbocycles. The van der Waals surface area contributed by atoms with Crippen LogP contribution in [0.5, 0.6) is 11.5 Å². The Labute approximate surface area is 191 Å². The summed E-state index contributed by atoms with van der Waals surface area (Å²) in [5.74, 6) is -0.440. The van der Waals surface area contributed by atoms with Crippen LogP contribution in [0.3, 0.4) is 0 Å². The van der Waals surface area contributed by atoms with E-state index in [1.165, 1.54) is 0 Å². The Bertz CT molecular complexity index is 1220. The maximum absolute atomic E-state index is 13.1. The van der Waals surface area contributed by atoms with Gasteiger partial charge >= 0.3 is 0 Å². The summed E-state index contributed by atoms with van der Waals surface area (Å²) in [7, 11) is 0. The van der Waals surface area contributed by atoms with E-state index in [2.05, 4.69) is 0 Å². The molecule has 2 aliphatic heterocycles. The van der Waals surface area contributed by atoms with Crippen LogP contribution in [-0.4, -0.2) is 41.5 Å². The molecule has 1 amide bonds. The van der Waals surface area contributed by atoms with Gasteiger partial charge in [0.15, 0.2) is 11.5 Å². The second kappa shape index (κ2) is 8.82. The molecule has 6 heteroatoms. The van der Waals surface area contributed by atoms with Gasteiger partial charge in [-0.1, -0.05) is 60.7 Å². The Balaban J connectivity index is 1.56. The highest BCUT2D eigenvalue weighted by molar-refractivity contribution is 6.46. The standard InChI is InChI=1S/C27H23NO5/c29-25(20-11-12-21-22(17-20)33-16-15-32-21)23-24(19-9-5-2-6-10-19)28(27(31)26(23)30)14-13-18-7-3-1-4-8-18/h1-12,17,24,29H,13-16H2/b25-23+. The first-order chi connectivity index (χ1) is 16.1. The largest absolute Gasteiger partial charge is 0.507 e. The molecule has 0 spiro atoms. The van der Waals surface area contributed by atoms with Gasteiger partial charge in [0.1, 0.15) is 19.0 Å². The maximum Gasteiger partial charge on any atom is 0.295 e. The Morgan fingerprint density at radius 3 is 2.27 bits per heavy atom. The summed E-state index contributed by atoms with van der Waals surface area (Å²) in [5.41, 5.74) is 2.32. The molecule has 0 aliphatic carbocycles. The summed E-state index contributed by atoms with van der Waals surface area (Å²) < 4.78 is 11.2. The second-order valence-corrected chi connectivity index (χ2v) is 8.00. The molecule has 1 N–H and O–H groups in total. The first-order valence-electron chi connectivity index (χ1n) is 10.9. The third kappa shape index (κ3) is 3.96. The Morgan fingerprint density at radius 2 is 1.55 bits per heavy atom. The summed E-state index contributed by atoms with van der Waals surface area (Å²) in [6.45, 7) is 1.22. The molecule has 1 unspecified atom stereocenters. The van der Waals surface area contributed by atoms with Gasteiger partial charge in [0.25, 0.3) is 11.7 Å². The number of Topliss-reactive ketones (excluding diaryl/α,β-unsaturated/α-hetero) is 1. The molecule has 6 nitrogen and oxygen atoms in total. The highest BCUT2D eigenvalue weighted by atomic mass is 16.6. The number of ether oxygens (including phenoxy) is 2. The molecule has 0 aromatic heterocycles. The Hall–Kier alpha value is -4.06. The van der Waals surface area contributed by atoms with Gasteiger partial charge in [-0.3, -0.25) is 9.59 Å². The summed E-state index contributed by atoms with van der Waals surface area (Å²) >= 11 is 0. The molecule has 166 valence electrons. The van der Waals surface area contributed by atoms with E-state index in [0.717, 1.165) is 11.1 Å². The first-order valence-corrected chi connectivity index (χ1v) is 10.9. The molecule has 0 bridgehead atoms. The molecule has 2 aliphatic rings. The van der Waals surface area contributed by atoms with Crippen molar-refractivity contribution in [2.75, 3.05) is 19.8 Å². The average Bonchev–Trinajstić information content (AvgIpc) is 3.12. The fourth-order valence-corrected chi connectivity index (χ4v) is 4.33. The van der Waals surface area contributed by atoms with Crippen molar-refractivity contribution < 1.29 is 24.2 Å². The highest BCUT2D eigenvalue weighted by Crippen LogP contribution is 2.41. The number of fused-ring (bicyclic) bond motifs is 1. The summed E-state index contributed by atoms with van der Waals surface area (Å²) in [6.07, 6.45) is 0.598. The van der Waals surface area contributed by atoms with E-state index in [1.54, 1.807) is 23.1 Å². The predicted octanol–water partition coefficient (Wildman–Crippen LogP) is 4.12. The number of aliphatic hydroxyl groups is 1. The SMILES string of the molecule is O=C1C(=O)N(CCc2ccccc2)C(c2ccccc2)/C1=C(\O)c1ccc2c(c1)OCCO2. The van der Waals surface area contributed by atoms with Crippen LogP contribution in [0.4, 0.5) is 0 Å². The van der Waals surface area contributed by atoms with Gasteiger partial charge in [-0.2, -0.15) is 0 Å². The quantitative estimate of drug-likeness (QED) is 0.366. The van der Waals surface area contributed by atoms with Crippen molar-refractivity contribution in [1.82, 2.24) is 4.90 Å². The number of carbonyl (C=O) groups is 2. The number of amides is 1. The van der Waals surface area contributed by atoms with Crippen LogP contribution in [0.15, 0.2) is 84.4 Å². The number of likely N-dealkylation sites (tertiary alicyclic amines) is 1. The lowest BCUT2D eigenvalue weighted by Gasteiger charge is -2.25. The van der Waals surface area contributed by atoms with Crippen LogP contribution < -0.4 is 9.47 Å². The minimum Gasteiger partial charge on any atom is -0.507 e. The lowest BCUT2D eigenvalue weighted by atomic mass is 9.95. The molecular weight excluding hydrogens is 418 g/mol. The van der Waals surface area contributed by atoms with E-state index >= 15 is 0 Å². The van der Waals surface area contributed by atoms with E-state index in [1.807, 2.05) is 60.7 Å².